The van der Waals surface area contributed by atoms with Crippen molar-refractivity contribution in [2.24, 2.45) is 0 Å². The zero-order valence-corrected chi connectivity index (χ0v) is 6.68. The van der Waals surface area contributed by atoms with E-state index in [0.717, 1.165) is 12.8 Å². The third-order valence-corrected chi connectivity index (χ3v) is 2.47. The molecule has 56 valence electrons. The maximum absolute atomic E-state index is 8.55. The van der Waals surface area contributed by atoms with Gasteiger partial charge in [-0.15, -0.1) is 11.8 Å². The smallest absolute Gasteiger partial charge is 0.0431 e. The van der Waals surface area contributed by atoms with Crippen LogP contribution in [0.4, 0.5) is 0 Å². The van der Waals surface area contributed by atoms with Crippen LogP contribution in [0, 0.1) is 0 Å². The molecule has 2 heteroatoms. The molecule has 1 aliphatic heterocycles. The van der Waals surface area contributed by atoms with E-state index in [1.54, 1.807) is 0 Å². The van der Waals surface area contributed by atoms with Gasteiger partial charge in [0.15, 0.2) is 0 Å². The van der Waals surface area contributed by atoms with Crippen molar-refractivity contribution in [3.63, 3.8) is 0 Å². The van der Waals surface area contributed by atoms with E-state index in [1.165, 1.54) is 0 Å². The number of aliphatic hydroxyl groups is 1. The molecule has 1 unspecified atom stereocenters. The van der Waals surface area contributed by atoms with Gasteiger partial charge in [-0.25, -0.2) is 0 Å². The molecule has 0 amide bonds. The van der Waals surface area contributed by atoms with Crippen LogP contribution in [0.5, 0.6) is 0 Å². The van der Waals surface area contributed by atoms with Crippen LogP contribution in [0.15, 0.2) is 23.6 Å². The van der Waals surface area contributed by atoms with Crippen molar-refractivity contribution < 1.29 is 5.11 Å². The summed E-state index contributed by atoms with van der Waals surface area (Å²) in [7, 11) is 0. The van der Waals surface area contributed by atoms with Crippen LogP contribution in [-0.4, -0.2) is 17.0 Å². The topological polar surface area (TPSA) is 20.2 Å². The number of hydrogen-bond acceptors (Lipinski definition) is 2. The maximum Gasteiger partial charge on any atom is 0.0431 e. The van der Waals surface area contributed by atoms with E-state index >= 15 is 0 Å². The average Bonchev–Trinajstić information content (AvgIpc) is 2.03. The summed E-state index contributed by atoms with van der Waals surface area (Å²) in [6, 6.07) is 0. The molecule has 0 aromatic rings. The average molecular weight is 156 g/mol. The molecule has 0 aromatic heterocycles. The molecule has 1 heterocycles. The molecule has 1 nitrogen and oxygen atoms in total. The van der Waals surface area contributed by atoms with Crippen LogP contribution >= 0.6 is 11.8 Å². The van der Waals surface area contributed by atoms with E-state index < -0.39 is 0 Å². The zero-order valence-electron chi connectivity index (χ0n) is 5.86. The normalized spacial score (nSPS) is 23.5. The van der Waals surface area contributed by atoms with E-state index in [-0.39, 0.29) is 0 Å². The van der Waals surface area contributed by atoms with Gasteiger partial charge in [-0.05, 0) is 18.2 Å². The standard InChI is InChI=1S/C8H12OS/c9-6-3-5-8-4-1-2-7-10-8/h1-2,4,7-9H,3,5-6H2. The first-order valence-electron chi connectivity index (χ1n) is 3.53. The van der Waals surface area contributed by atoms with Crippen molar-refractivity contribution in [2.75, 3.05) is 6.61 Å². The molecule has 10 heavy (non-hydrogen) atoms. The summed E-state index contributed by atoms with van der Waals surface area (Å²) in [6.45, 7) is 0.314. The number of thioether (sulfide) groups is 1. The van der Waals surface area contributed by atoms with Crippen molar-refractivity contribution in [1.29, 1.82) is 0 Å². The van der Waals surface area contributed by atoms with Crippen LogP contribution < -0.4 is 0 Å². The Morgan fingerprint density at radius 3 is 2.90 bits per heavy atom. The lowest BCUT2D eigenvalue weighted by atomic mass is 10.2. The first-order valence-corrected chi connectivity index (χ1v) is 4.47. The van der Waals surface area contributed by atoms with Crippen molar-refractivity contribution in [3.8, 4) is 0 Å². The molecule has 1 N–H and O–H groups in total. The highest BCUT2D eigenvalue weighted by Gasteiger charge is 2.03. The van der Waals surface area contributed by atoms with Crippen molar-refractivity contribution in [1.82, 2.24) is 0 Å². The molecule has 1 atom stereocenters. The van der Waals surface area contributed by atoms with Crippen molar-refractivity contribution in [3.05, 3.63) is 23.6 Å². The summed E-state index contributed by atoms with van der Waals surface area (Å²) in [5, 5.41) is 11.2. The fraction of sp³-hybridized carbons (Fsp3) is 0.500. The quantitative estimate of drug-likeness (QED) is 0.674. The molecule has 0 fully saturated rings. The number of rotatable bonds is 3. The van der Waals surface area contributed by atoms with E-state index in [2.05, 4.69) is 17.6 Å². The van der Waals surface area contributed by atoms with Crippen LogP contribution in [0.3, 0.4) is 0 Å². The first kappa shape index (κ1) is 7.89. The molecule has 0 spiro atoms. The minimum atomic E-state index is 0.314. The van der Waals surface area contributed by atoms with Crippen molar-refractivity contribution in [2.45, 2.75) is 18.1 Å². The SMILES string of the molecule is OCCCC1C=CC=CS1. The highest BCUT2D eigenvalue weighted by Crippen LogP contribution is 2.21. The minimum Gasteiger partial charge on any atom is -0.396 e. The van der Waals surface area contributed by atoms with Gasteiger partial charge in [-0.3, -0.25) is 0 Å². The summed E-state index contributed by atoms with van der Waals surface area (Å²) in [4.78, 5) is 0. The fourth-order valence-corrected chi connectivity index (χ4v) is 1.75. The highest BCUT2D eigenvalue weighted by molar-refractivity contribution is 8.02. The van der Waals surface area contributed by atoms with Gasteiger partial charge in [0.2, 0.25) is 0 Å². The second-order valence-corrected chi connectivity index (χ2v) is 3.40. The Bertz CT molecular complexity index is 140. The lowest BCUT2D eigenvalue weighted by Crippen LogP contribution is -1.99. The van der Waals surface area contributed by atoms with Gasteiger partial charge < -0.3 is 5.11 Å². The number of aliphatic hydroxyl groups excluding tert-OH is 1. The van der Waals surface area contributed by atoms with E-state index in [0.29, 0.717) is 11.9 Å². The van der Waals surface area contributed by atoms with Gasteiger partial charge in [0.1, 0.15) is 0 Å². The first-order chi connectivity index (χ1) is 4.93. The van der Waals surface area contributed by atoms with Crippen LogP contribution in [-0.2, 0) is 0 Å². The van der Waals surface area contributed by atoms with Gasteiger partial charge in [0, 0.05) is 11.9 Å². The Morgan fingerprint density at radius 1 is 1.40 bits per heavy atom. The van der Waals surface area contributed by atoms with E-state index in [1.807, 2.05) is 17.8 Å². The van der Waals surface area contributed by atoms with Gasteiger partial charge in [0.05, 0.1) is 0 Å². The third-order valence-electron chi connectivity index (χ3n) is 1.42. The zero-order chi connectivity index (χ0) is 7.23. The Hall–Kier alpha value is -0.210. The number of allylic oxidation sites excluding steroid dienone is 2. The minimum absolute atomic E-state index is 0.314. The monoisotopic (exact) mass is 156 g/mol. The molecule has 0 radical (unpaired) electrons. The van der Waals surface area contributed by atoms with Gasteiger partial charge in [-0.2, -0.15) is 0 Å². The molecule has 0 saturated heterocycles. The van der Waals surface area contributed by atoms with Gasteiger partial charge in [0.25, 0.3) is 0 Å². The Labute approximate surface area is 65.8 Å². The molecule has 0 bridgehead atoms. The lowest BCUT2D eigenvalue weighted by Gasteiger charge is -2.10. The molecule has 1 rings (SSSR count). The fourth-order valence-electron chi connectivity index (χ4n) is 0.882. The summed E-state index contributed by atoms with van der Waals surface area (Å²) in [5.41, 5.74) is 0. The molecule has 0 aromatic carbocycles. The predicted molar refractivity (Wildman–Crippen MR) is 46.0 cm³/mol. The molecule has 0 saturated carbocycles. The molecule has 0 aliphatic carbocycles. The van der Waals surface area contributed by atoms with E-state index in [4.69, 9.17) is 5.11 Å². The Morgan fingerprint density at radius 2 is 2.30 bits per heavy atom. The van der Waals surface area contributed by atoms with Crippen LogP contribution in [0.2, 0.25) is 0 Å². The highest BCUT2D eigenvalue weighted by atomic mass is 32.2. The summed E-state index contributed by atoms with van der Waals surface area (Å²) >= 11 is 1.82. The van der Waals surface area contributed by atoms with Gasteiger partial charge in [-0.1, -0.05) is 18.2 Å². The van der Waals surface area contributed by atoms with Gasteiger partial charge >= 0.3 is 0 Å². The lowest BCUT2D eigenvalue weighted by molar-refractivity contribution is 0.285. The second-order valence-electron chi connectivity index (χ2n) is 2.25. The molecular formula is C8H12OS. The van der Waals surface area contributed by atoms with Crippen molar-refractivity contribution >= 4 is 11.8 Å². The second kappa shape index (κ2) is 4.58. The number of hydrogen-bond donors (Lipinski definition) is 1. The molecular weight excluding hydrogens is 144 g/mol. The summed E-state index contributed by atoms with van der Waals surface area (Å²) in [6.07, 6.45) is 8.29. The van der Waals surface area contributed by atoms with Crippen LogP contribution in [0.1, 0.15) is 12.8 Å². The third kappa shape index (κ3) is 2.58. The predicted octanol–water partition coefficient (Wildman–Crippen LogP) is 1.94. The Balaban J connectivity index is 2.17. The summed E-state index contributed by atoms with van der Waals surface area (Å²) < 4.78 is 0. The summed E-state index contributed by atoms with van der Waals surface area (Å²) in [5.74, 6) is 0. The largest absolute Gasteiger partial charge is 0.396 e. The van der Waals surface area contributed by atoms with E-state index in [9.17, 15) is 0 Å². The maximum atomic E-state index is 8.55. The molecule has 1 aliphatic rings. The van der Waals surface area contributed by atoms with Crippen LogP contribution in [0.25, 0.3) is 0 Å². The Kier molecular flexibility index (Phi) is 3.62.